The van der Waals surface area contributed by atoms with Gasteiger partial charge in [-0.25, -0.2) is 4.99 Å². The van der Waals surface area contributed by atoms with E-state index in [9.17, 15) is 0 Å². The van der Waals surface area contributed by atoms with Crippen LogP contribution in [0.1, 0.15) is 49.2 Å². The van der Waals surface area contributed by atoms with Gasteiger partial charge in [0, 0.05) is 45.1 Å². The van der Waals surface area contributed by atoms with Crippen LogP contribution in [0, 0.1) is 6.92 Å². The Labute approximate surface area is 174 Å². The molecular weight excluding hydrogens is 439 g/mol. The van der Waals surface area contributed by atoms with E-state index in [-0.39, 0.29) is 24.0 Å². The van der Waals surface area contributed by atoms with Crippen molar-refractivity contribution in [3.63, 3.8) is 0 Å². The second-order valence-corrected chi connectivity index (χ2v) is 6.66. The molecule has 0 saturated carbocycles. The van der Waals surface area contributed by atoms with Crippen molar-refractivity contribution < 1.29 is 0 Å². The molecule has 26 heavy (non-hydrogen) atoms. The van der Waals surface area contributed by atoms with E-state index >= 15 is 0 Å². The van der Waals surface area contributed by atoms with E-state index in [2.05, 4.69) is 67.3 Å². The first kappa shape index (κ1) is 22.4. The van der Waals surface area contributed by atoms with Gasteiger partial charge in [0.1, 0.15) is 0 Å². The van der Waals surface area contributed by atoms with Crippen LogP contribution in [0.4, 0.5) is 0 Å². The van der Waals surface area contributed by atoms with Crippen LogP contribution < -0.4 is 5.32 Å². The fourth-order valence-electron chi connectivity index (χ4n) is 2.80. The minimum Gasteiger partial charge on any atom is -0.357 e. The number of aromatic nitrogens is 3. The Bertz CT molecular complexity index is 723. The first-order valence-electron chi connectivity index (χ1n) is 8.84. The highest BCUT2D eigenvalue weighted by Crippen LogP contribution is 2.18. The summed E-state index contributed by atoms with van der Waals surface area (Å²) in [5.41, 5.74) is 4.56. The van der Waals surface area contributed by atoms with Crippen molar-refractivity contribution >= 4 is 29.9 Å². The van der Waals surface area contributed by atoms with E-state index in [1.807, 2.05) is 24.0 Å². The van der Waals surface area contributed by atoms with Crippen LogP contribution in [0.2, 0.25) is 0 Å². The van der Waals surface area contributed by atoms with Crippen LogP contribution in [0.25, 0.3) is 0 Å². The fraction of sp³-hybridized carbons (Fsp3) is 0.526. The molecule has 0 saturated heterocycles. The van der Waals surface area contributed by atoms with Gasteiger partial charge in [0.2, 0.25) is 0 Å². The number of aliphatic imine (C=N–C) groups is 1. The molecule has 0 bridgehead atoms. The maximum atomic E-state index is 4.76. The molecular formula is C19H31IN6. The van der Waals surface area contributed by atoms with Crippen molar-refractivity contribution in [3.8, 4) is 0 Å². The van der Waals surface area contributed by atoms with Gasteiger partial charge in [0.25, 0.3) is 0 Å². The van der Waals surface area contributed by atoms with Crippen molar-refractivity contribution in [2.24, 2.45) is 12.0 Å². The molecule has 0 atom stereocenters. The van der Waals surface area contributed by atoms with E-state index in [0.29, 0.717) is 12.5 Å². The maximum absolute atomic E-state index is 4.76. The van der Waals surface area contributed by atoms with Gasteiger partial charge >= 0.3 is 0 Å². The summed E-state index contributed by atoms with van der Waals surface area (Å²) in [5, 5.41) is 7.96. The first-order chi connectivity index (χ1) is 11.9. The lowest BCUT2D eigenvalue weighted by Crippen LogP contribution is -2.38. The lowest BCUT2D eigenvalue weighted by atomic mass is 10.1. The SMILES string of the molecule is CCNC(=NCc1ncccc1C)N(C)Cc1cn(C)nc1C(C)C.I. The molecule has 2 rings (SSSR count). The van der Waals surface area contributed by atoms with Crippen LogP contribution >= 0.6 is 24.0 Å². The zero-order valence-electron chi connectivity index (χ0n) is 16.7. The number of aryl methyl sites for hydroxylation is 2. The molecule has 6 nitrogen and oxygen atoms in total. The summed E-state index contributed by atoms with van der Waals surface area (Å²) in [7, 11) is 4.03. The lowest BCUT2D eigenvalue weighted by molar-refractivity contribution is 0.473. The average Bonchev–Trinajstić information content (AvgIpc) is 2.93. The molecule has 0 radical (unpaired) electrons. The lowest BCUT2D eigenvalue weighted by Gasteiger charge is -2.22. The molecule has 2 heterocycles. The summed E-state index contributed by atoms with van der Waals surface area (Å²) in [6.45, 7) is 10.7. The van der Waals surface area contributed by atoms with Gasteiger partial charge in [-0.2, -0.15) is 5.10 Å². The summed E-state index contributed by atoms with van der Waals surface area (Å²) in [6, 6.07) is 4.02. The number of hydrogen-bond donors (Lipinski definition) is 1. The molecule has 0 unspecified atom stereocenters. The summed E-state index contributed by atoms with van der Waals surface area (Å²) in [4.78, 5) is 11.3. The highest BCUT2D eigenvalue weighted by Gasteiger charge is 2.15. The maximum Gasteiger partial charge on any atom is 0.194 e. The van der Waals surface area contributed by atoms with E-state index in [1.165, 1.54) is 11.1 Å². The zero-order valence-corrected chi connectivity index (χ0v) is 19.0. The summed E-state index contributed by atoms with van der Waals surface area (Å²) in [5.74, 6) is 1.28. The first-order valence-corrected chi connectivity index (χ1v) is 8.84. The zero-order chi connectivity index (χ0) is 18.4. The fourth-order valence-corrected chi connectivity index (χ4v) is 2.80. The number of guanidine groups is 1. The Morgan fingerprint density at radius 3 is 2.73 bits per heavy atom. The Balaban J connectivity index is 0.00000338. The number of nitrogens with zero attached hydrogens (tertiary/aromatic N) is 5. The molecule has 0 aliphatic carbocycles. The van der Waals surface area contributed by atoms with Crippen molar-refractivity contribution in [2.75, 3.05) is 13.6 Å². The van der Waals surface area contributed by atoms with Gasteiger partial charge in [0.15, 0.2) is 5.96 Å². The number of hydrogen-bond acceptors (Lipinski definition) is 3. The van der Waals surface area contributed by atoms with Gasteiger partial charge in [0.05, 0.1) is 17.9 Å². The normalized spacial score (nSPS) is 11.4. The molecule has 1 N–H and O–H groups in total. The van der Waals surface area contributed by atoms with Gasteiger partial charge in [-0.15, -0.1) is 24.0 Å². The smallest absolute Gasteiger partial charge is 0.194 e. The van der Waals surface area contributed by atoms with Crippen molar-refractivity contribution in [2.45, 2.75) is 46.7 Å². The van der Waals surface area contributed by atoms with Crippen LogP contribution in [-0.2, 0) is 20.1 Å². The molecule has 144 valence electrons. The average molecular weight is 470 g/mol. The van der Waals surface area contributed by atoms with E-state index < -0.39 is 0 Å². The van der Waals surface area contributed by atoms with Gasteiger partial charge in [-0.3, -0.25) is 9.67 Å². The molecule has 0 spiro atoms. The Hall–Kier alpha value is -1.64. The third-order valence-electron chi connectivity index (χ3n) is 4.08. The van der Waals surface area contributed by atoms with E-state index in [4.69, 9.17) is 4.99 Å². The second kappa shape index (κ2) is 10.5. The van der Waals surface area contributed by atoms with Gasteiger partial charge in [-0.05, 0) is 31.4 Å². The number of halogens is 1. The Kier molecular flexibility index (Phi) is 9.04. The highest BCUT2D eigenvalue weighted by molar-refractivity contribution is 14.0. The molecule has 2 aromatic rings. The topological polar surface area (TPSA) is 58.3 Å². The van der Waals surface area contributed by atoms with Crippen LogP contribution in [0.15, 0.2) is 29.5 Å². The highest BCUT2D eigenvalue weighted by atomic mass is 127. The molecule has 0 aliphatic rings. The quantitative estimate of drug-likeness (QED) is 0.399. The molecule has 0 aliphatic heterocycles. The molecule has 0 aromatic carbocycles. The van der Waals surface area contributed by atoms with Gasteiger partial charge < -0.3 is 10.2 Å². The standard InChI is InChI=1S/C19H30N6.HI/c1-7-20-19(22-11-17-15(4)9-8-10-21-17)24(5)12-16-13-25(6)23-18(16)14(2)3;/h8-10,13-14H,7,11-12H2,1-6H3,(H,20,22);1H. The van der Waals surface area contributed by atoms with Crippen LogP contribution in [0.5, 0.6) is 0 Å². The van der Waals surface area contributed by atoms with E-state index in [0.717, 1.165) is 30.4 Å². The van der Waals surface area contributed by atoms with Crippen LogP contribution in [-0.4, -0.2) is 39.2 Å². The number of nitrogens with one attached hydrogen (secondary N) is 1. The van der Waals surface area contributed by atoms with Gasteiger partial charge in [-0.1, -0.05) is 19.9 Å². The van der Waals surface area contributed by atoms with E-state index in [1.54, 1.807) is 0 Å². The van der Waals surface area contributed by atoms with Crippen molar-refractivity contribution in [1.29, 1.82) is 0 Å². The molecule has 0 fully saturated rings. The van der Waals surface area contributed by atoms with Crippen LogP contribution in [0.3, 0.4) is 0 Å². The second-order valence-electron chi connectivity index (χ2n) is 6.66. The molecule has 0 amide bonds. The number of pyridine rings is 1. The third kappa shape index (κ3) is 5.96. The van der Waals surface area contributed by atoms with Crippen molar-refractivity contribution in [1.82, 2.24) is 25.0 Å². The minimum atomic E-state index is 0. The Morgan fingerprint density at radius 1 is 1.38 bits per heavy atom. The minimum absolute atomic E-state index is 0. The van der Waals surface area contributed by atoms with Crippen molar-refractivity contribution in [3.05, 3.63) is 47.0 Å². The summed E-state index contributed by atoms with van der Waals surface area (Å²) in [6.07, 6.45) is 3.91. The third-order valence-corrected chi connectivity index (χ3v) is 4.08. The predicted octanol–water partition coefficient (Wildman–Crippen LogP) is 3.46. The predicted molar refractivity (Wildman–Crippen MR) is 118 cm³/mol. The summed E-state index contributed by atoms with van der Waals surface area (Å²) >= 11 is 0. The molecule has 2 aromatic heterocycles. The number of rotatable bonds is 6. The Morgan fingerprint density at radius 2 is 2.12 bits per heavy atom. The largest absolute Gasteiger partial charge is 0.357 e. The summed E-state index contributed by atoms with van der Waals surface area (Å²) < 4.78 is 1.89. The molecule has 7 heteroatoms. The monoisotopic (exact) mass is 470 g/mol.